The van der Waals surface area contributed by atoms with Gasteiger partial charge in [0, 0.05) is 6.42 Å². The van der Waals surface area contributed by atoms with Crippen LogP contribution in [0.25, 0.3) is 0 Å². The van der Waals surface area contributed by atoms with Crippen molar-refractivity contribution < 1.29 is 44.4 Å². The molecule has 0 spiro atoms. The SMILES string of the molecule is CCC(C)C(NC(=O)C(N)C(C)O)C(=O)NC(CO)C(=O)NC(CCC(=O)O)C(=O)O. The van der Waals surface area contributed by atoms with E-state index in [4.69, 9.17) is 15.9 Å². The number of carboxylic acids is 2. The number of aliphatic carboxylic acids is 2. The summed E-state index contributed by atoms with van der Waals surface area (Å²) >= 11 is 0. The third-order valence-corrected chi connectivity index (χ3v) is 4.69. The highest BCUT2D eigenvalue weighted by molar-refractivity contribution is 5.94. The summed E-state index contributed by atoms with van der Waals surface area (Å²) in [5.74, 6) is -5.80. The molecule has 178 valence electrons. The second-order valence-corrected chi connectivity index (χ2v) is 7.21. The molecular formula is C18H32N4O9. The summed E-state index contributed by atoms with van der Waals surface area (Å²) in [6.45, 7) is 3.83. The van der Waals surface area contributed by atoms with Crippen molar-refractivity contribution in [3.8, 4) is 0 Å². The number of amides is 3. The van der Waals surface area contributed by atoms with Gasteiger partial charge in [0.05, 0.1) is 12.7 Å². The van der Waals surface area contributed by atoms with Crippen LogP contribution in [0.5, 0.6) is 0 Å². The Balaban J connectivity index is 5.29. The molecule has 6 unspecified atom stereocenters. The highest BCUT2D eigenvalue weighted by atomic mass is 16.4. The van der Waals surface area contributed by atoms with E-state index in [1.807, 2.05) is 0 Å². The quantitative estimate of drug-likeness (QED) is 0.135. The van der Waals surface area contributed by atoms with Gasteiger partial charge in [-0.2, -0.15) is 0 Å². The van der Waals surface area contributed by atoms with Crippen molar-refractivity contribution in [3.05, 3.63) is 0 Å². The van der Waals surface area contributed by atoms with E-state index in [2.05, 4.69) is 16.0 Å². The van der Waals surface area contributed by atoms with Crippen LogP contribution in [0.1, 0.15) is 40.0 Å². The molecule has 0 aliphatic heterocycles. The Hall–Kier alpha value is -2.77. The van der Waals surface area contributed by atoms with Crippen LogP contribution in [0.15, 0.2) is 0 Å². The summed E-state index contributed by atoms with van der Waals surface area (Å²) in [5.41, 5.74) is 5.56. The lowest BCUT2D eigenvalue weighted by Crippen LogP contribution is -2.60. The zero-order valence-corrected chi connectivity index (χ0v) is 17.7. The fourth-order valence-electron chi connectivity index (χ4n) is 2.42. The predicted molar refractivity (Wildman–Crippen MR) is 106 cm³/mol. The van der Waals surface area contributed by atoms with Gasteiger partial charge in [0.15, 0.2) is 0 Å². The molecule has 0 aliphatic carbocycles. The number of rotatable bonds is 14. The van der Waals surface area contributed by atoms with E-state index in [1.54, 1.807) is 13.8 Å². The predicted octanol–water partition coefficient (Wildman–Crippen LogP) is -2.86. The van der Waals surface area contributed by atoms with Crippen LogP contribution < -0.4 is 21.7 Å². The molecule has 0 aromatic heterocycles. The van der Waals surface area contributed by atoms with E-state index in [-0.39, 0.29) is 0 Å². The number of hydrogen-bond acceptors (Lipinski definition) is 8. The second kappa shape index (κ2) is 13.5. The maximum absolute atomic E-state index is 12.7. The standard InChI is InChI=1S/C18H32N4O9/c1-4-8(2)14(22-16(28)13(19)9(3)24)17(29)21-11(7-23)15(27)20-10(18(30)31)5-6-12(25)26/h8-11,13-14,23-24H,4-7,19H2,1-3H3,(H,20,27)(H,21,29)(H,22,28)(H,25,26)(H,30,31). The van der Waals surface area contributed by atoms with Crippen LogP contribution >= 0.6 is 0 Å². The minimum absolute atomic E-state index is 0.398. The average molecular weight is 448 g/mol. The van der Waals surface area contributed by atoms with E-state index in [0.29, 0.717) is 6.42 Å². The fraction of sp³-hybridized carbons (Fsp3) is 0.722. The van der Waals surface area contributed by atoms with Crippen LogP contribution in [0.2, 0.25) is 0 Å². The molecular weight excluding hydrogens is 416 g/mol. The molecule has 0 aliphatic rings. The molecule has 0 bridgehead atoms. The molecule has 0 heterocycles. The average Bonchev–Trinajstić information content (AvgIpc) is 2.70. The van der Waals surface area contributed by atoms with Crippen LogP contribution in [0.3, 0.4) is 0 Å². The molecule has 13 heteroatoms. The number of carbonyl (C=O) groups excluding carboxylic acids is 3. The minimum Gasteiger partial charge on any atom is -0.481 e. The number of nitrogens with two attached hydrogens (primary N) is 1. The summed E-state index contributed by atoms with van der Waals surface area (Å²) in [6, 6.07) is -5.52. The first-order valence-electron chi connectivity index (χ1n) is 9.75. The van der Waals surface area contributed by atoms with Crippen molar-refractivity contribution in [2.24, 2.45) is 11.7 Å². The Bertz CT molecular complexity index is 656. The largest absolute Gasteiger partial charge is 0.481 e. The van der Waals surface area contributed by atoms with E-state index < -0.39 is 85.3 Å². The second-order valence-electron chi connectivity index (χ2n) is 7.21. The fourth-order valence-corrected chi connectivity index (χ4v) is 2.42. The lowest BCUT2D eigenvalue weighted by atomic mass is 9.97. The number of nitrogens with one attached hydrogen (secondary N) is 3. The Morgan fingerprint density at radius 1 is 0.903 bits per heavy atom. The summed E-state index contributed by atoms with van der Waals surface area (Å²) in [5, 5.41) is 43.4. The number of aliphatic hydroxyl groups excluding tert-OH is 2. The van der Waals surface area contributed by atoms with Crippen LogP contribution in [-0.4, -0.2) is 87.0 Å². The summed E-state index contributed by atoms with van der Waals surface area (Å²) in [7, 11) is 0. The van der Waals surface area contributed by atoms with Crippen molar-refractivity contribution in [1.82, 2.24) is 16.0 Å². The van der Waals surface area contributed by atoms with E-state index in [9.17, 15) is 34.2 Å². The molecule has 0 radical (unpaired) electrons. The molecule has 6 atom stereocenters. The topological polar surface area (TPSA) is 228 Å². The first-order chi connectivity index (χ1) is 14.3. The van der Waals surface area contributed by atoms with Gasteiger partial charge in [-0.25, -0.2) is 4.79 Å². The number of carbonyl (C=O) groups is 5. The molecule has 0 fully saturated rings. The zero-order valence-electron chi connectivity index (χ0n) is 17.7. The molecule has 31 heavy (non-hydrogen) atoms. The smallest absolute Gasteiger partial charge is 0.326 e. The molecule has 0 saturated carbocycles. The maximum atomic E-state index is 12.7. The summed E-state index contributed by atoms with van der Waals surface area (Å²) in [4.78, 5) is 59.0. The first kappa shape index (κ1) is 28.2. The van der Waals surface area contributed by atoms with Crippen molar-refractivity contribution >= 4 is 29.7 Å². The Morgan fingerprint density at radius 2 is 1.45 bits per heavy atom. The van der Waals surface area contributed by atoms with Gasteiger partial charge in [-0.3, -0.25) is 19.2 Å². The van der Waals surface area contributed by atoms with Crippen molar-refractivity contribution in [3.63, 3.8) is 0 Å². The highest BCUT2D eigenvalue weighted by Crippen LogP contribution is 2.09. The van der Waals surface area contributed by atoms with Crippen molar-refractivity contribution in [2.45, 2.75) is 70.3 Å². The molecule has 9 N–H and O–H groups in total. The zero-order chi connectivity index (χ0) is 24.3. The van der Waals surface area contributed by atoms with E-state index >= 15 is 0 Å². The molecule has 13 nitrogen and oxygen atoms in total. The maximum Gasteiger partial charge on any atom is 0.326 e. The Kier molecular flexibility index (Phi) is 12.3. The summed E-state index contributed by atoms with van der Waals surface area (Å²) < 4.78 is 0. The van der Waals surface area contributed by atoms with Gasteiger partial charge in [-0.1, -0.05) is 20.3 Å². The van der Waals surface area contributed by atoms with E-state index in [1.165, 1.54) is 6.92 Å². The molecule has 0 rings (SSSR count). The van der Waals surface area contributed by atoms with Gasteiger partial charge in [-0.05, 0) is 19.3 Å². The van der Waals surface area contributed by atoms with E-state index in [0.717, 1.165) is 0 Å². The molecule has 3 amide bonds. The highest BCUT2D eigenvalue weighted by Gasteiger charge is 2.32. The lowest BCUT2D eigenvalue weighted by Gasteiger charge is -2.27. The monoisotopic (exact) mass is 448 g/mol. The lowest BCUT2D eigenvalue weighted by molar-refractivity contribution is -0.143. The Morgan fingerprint density at radius 3 is 1.87 bits per heavy atom. The molecule has 0 aromatic carbocycles. The minimum atomic E-state index is -1.55. The van der Waals surface area contributed by atoms with Crippen LogP contribution in [0, 0.1) is 5.92 Å². The van der Waals surface area contributed by atoms with Gasteiger partial charge in [-0.15, -0.1) is 0 Å². The van der Waals surface area contributed by atoms with Gasteiger partial charge in [0.1, 0.15) is 24.2 Å². The summed E-state index contributed by atoms with van der Waals surface area (Å²) in [6.07, 6.45) is -1.63. The molecule has 0 aromatic rings. The number of carboxylic acid groups (broad SMARTS) is 2. The molecule has 0 saturated heterocycles. The van der Waals surface area contributed by atoms with Crippen LogP contribution in [0.4, 0.5) is 0 Å². The van der Waals surface area contributed by atoms with Crippen LogP contribution in [-0.2, 0) is 24.0 Å². The Labute approximate surface area is 179 Å². The third-order valence-electron chi connectivity index (χ3n) is 4.69. The van der Waals surface area contributed by atoms with Gasteiger partial charge in [0.2, 0.25) is 17.7 Å². The van der Waals surface area contributed by atoms with Gasteiger partial charge in [0.25, 0.3) is 0 Å². The number of aliphatic hydroxyl groups is 2. The number of hydrogen-bond donors (Lipinski definition) is 8. The normalized spacial score (nSPS) is 16.7. The van der Waals surface area contributed by atoms with Gasteiger partial charge >= 0.3 is 11.9 Å². The van der Waals surface area contributed by atoms with Crippen molar-refractivity contribution in [1.29, 1.82) is 0 Å². The third kappa shape index (κ3) is 9.72. The van der Waals surface area contributed by atoms with Crippen molar-refractivity contribution in [2.75, 3.05) is 6.61 Å². The first-order valence-corrected chi connectivity index (χ1v) is 9.75. The van der Waals surface area contributed by atoms with Gasteiger partial charge < -0.3 is 42.1 Å².